The highest BCUT2D eigenvalue weighted by Crippen LogP contribution is 2.30. The monoisotopic (exact) mass is 410 g/mol. The summed E-state index contributed by atoms with van der Waals surface area (Å²) < 4.78 is 11.2. The molecule has 2 aromatic carbocycles. The van der Waals surface area contributed by atoms with Crippen LogP contribution in [0.15, 0.2) is 65.9 Å². The van der Waals surface area contributed by atoms with Gasteiger partial charge in [-0.3, -0.25) is 0 Å². The van der Waals surface area contributed by atoms with Gasteiger partial charge in [-0.1, -0.05) is 55.8 Å². The van der Waals surface area contributed by atoms with Crippen LogP contribution in [-0.4, -0.2) is 17.7 Å². The first-order chi connectivity index (χ1) is 14.1. The third-order valence-electron chi connectivity index (χ3n) is 4.61. The second-order valence-corrected chi connectivity index (χ2v) is 7.15. The average molecular weight is 411 g/mol. The van der Waals surface area contributed by atoms with Crippen LogP contribution in [0.25, 0.3) is 0 Å². The van der Waals surface area contributed by atoms with Gasteiger partial charge < -0.3 is 20.1 Å². The van der Waals surface area contributed by atoms with Gasteiger partial charge in [0, 0.05) is 5.70 Å². The normalized spacial score (nSPS) is 16.1. The van der Waals surface area contributed by atoms with E-state index in [-0.39, 0.29) is 12.0 Å². The van der Waals surface area contributed by atoms with E-state index >= 15 is 0 Å². The van der Waals surface area contributed by atoms with E-state index in [1.54, 1.807) is 6.92 Å². The van der Waals surface area contributed by atoms with Crippen molar-refractivity contribution < 1.29 is 14.3 Å². The molecule has 1 atom stereocenters. The van der Waals surface area contributed by atoms with Crippen molar-refractivity contribution in [1.82, 2.24) is 10.6 Å². The van der Waals surface area contributed by atoms with Crippen LogP contribution in [0.5, 0.6) is 5.75 Å². The lowest BCUT2D eigenvalue weighted by atomic mass is 9.94. The summed E-state index contributed by atoms with van der Waals surface area (Å²) in [5.41, 5.74) is 3.45. The van der Waals surface area contributed by atoms with Gasteiger partial charge in [-0.2, -0.15) is 0 Å². The van der Waals surface area contributed by atoms with Gasteiger partial charge in [0.25, 0.3) is 0 Å². The summed E-state index contributed by atoms with van der Waals surface area (Å²) in [6.07, 6.45) is 1.62. The molecule has 0 saturated carbocycles. The Morgan fingerprint density at radius 2 is 1.79 bits per heavy atom. The first-order valence-corrected chi connectivity index (χ1v) is 10.3. The third-order valence-corrected chi connectivity index (χ3v) is 4.83. The molecular weight excluding hydrogens is 384 g/mol. The van der Waals surface area contributed by atoms with E-state index in [0.717, 1.165) is 35.4 Å². The highest BCUT2D eigenvalue weighted by Gasteiger charge is 2.32. The lowest BCUT2D eigenvalue weighted by molar-refractivity contribution is -0.139. The molecule has 1 aliphatic rings. The topological polar surface area (TPSA) is 59.6 Å². The lowest BCUT2D eigenvalue weighted by Crippen LogP contribution is -2.45. The van der Waals surface area contributed by atoms with Crippen LogP contribution in [0, 0.1) is 0 Å². The predicted octanol–water partition coefficient (Wildman–Crippen LogP) is 4.40. The molecule has 5 nitrogen and oxygen atoms in total. The molecule has 29 heavy (non-hydrogen) atoms. The smallest absolute Gasteiger partial charge is 0.338 e. The van der Waals surface area contributed by atoms with Gasteiger partial charge in [-0.25, -0.2) is 4.79 Å². The van der Waals surface area contributed by atoms with Crippen molar-refractivity contribution >= 4 is 23.3 Å². The Kier molecular flexibility index (Phi) is 7.25. The van der Waals surface area contributed by atoms with Gasteiger partial charge in [0.05, 0.1) is 18.2 Å². The fraction of sp³-hybridized carbons (Fsp3) is 0.304. The summed E-state index contributed by atoms with van der Waals surface area (Å²) in [5.74, 6) is 0.442. The fourth-order valence-corrected chi connectivity index (χ4v) is 3.50. The van der Waals surface area contributed by atoms with E-state index in [2.05, 4.69) is 17.6 Å². The molecular formula is C23H26N2O3S. The van der Waals surface area contributed by atoms with Crippen LogP contribution < -0.4 is 15.4 Å². The molecule has 0 aromatic heterocycles. The minimum absolute atomic E-state index is 0.325. The molecule has 0 unspecified atom stereocenters. The Morgan fingerprint density at radius 1 is 1.07 bits per heavy atom. The number of allylic oxidation sites excluding steroid dienone is 1. The summed E-state index contributed by atoms with van der Waals surface area (Å²) in [4.78, 5) is 12.7. The third kappa shape index (κ3) is 5.35. The van der Waals surface area contributed by atoms with Gasteiger partial charge in [0.1, 0.15) is 12.4 Å². The Balaban J connectivity index is 1.81. The zero-order valence-corrected chi connectivity index (χ0v) is 17.6. The molecule has 0 bridgehead atoms. The number of ether oxygens (including phenoxy) is 2. The van der Waals surface area contributed by atoms with E-state index in [1.165, 1.54) is 0 Å². The zero-order chi connectivity index (χ0) is 20.6. The van der Waals surface area contributed by atoms with Crippen LogP contribution >= 0.6 is 12.2 Å². The average Bonchev–Trinajstić information content (AvgIpc) is 2.73. The van der Waals surface area contributed by atoms with Gasteiger partial charge in [0.15, 0.2) is 5.11 Å². The van der Waals surface area contributed by atoms with Gasteiger partial charge >= 0.3 is 5.97 Å². The largest absolute Gasteiger partial charge is 0.489 e. The highest BCUT2D eigenvalue weighted by atomic mass is 32.1. The highest BCUT2D eigenvalue weighted by molar-refractivity contribution is 7.80. The van der Waals surface area contributed by atoms with Crippen LogP contribution in [0.2, 0.25) is 0 Å². The van der Waals surface area contributed by atoms with E-state index < -0.39 is 0 Å². The van der Waals surface area contributed by atoms with Gasteiger partial charge in [-0.05, 0) is 48.8 Å². The minimum atomic E-state index is -0.354. The summed E-state index contributed by atoms with van der Waals surface area (Å²) in [6.45, 7) is 4.70. The van der Waals surface area contributed by atoms with Crippen molar-refractivity contribution in [2.45, 2.75) is 39.3 Å². The maximum Gasteiger partial charge on any atom is 0.338 e. The van der Waals surface area contributed by atoms with Crippen molar-refractivity contribution in [3.63, 3.8) is 0 Å². The maximum atomic E-state index is 12.7. The van der Waals surface area contributed by atoms with E-state index in [4.69, 9.17) is 21.7 Å². The number of benzene rings is 2. The molecule has 2 aromatic rings. The SMILES string of the molecule is CCCC1=C(C(=O)OCC)[C@H](c2ccc(OCc3ccccc3)cc2)NC(=S)N1. The minimum Gasteiger partial charge on any atom is -0.489 e. The second-order valence-electron chi connectivity index (χ2n) is 6.74. The number of thiocarbonyl (C=S) groups is 1. The summed E-state index contributed by atoms with van der Waals surface area (Å²) in [6, 6.07) is 17.4. The predicted molar refractivity (Wildman–Crippen MR) is 117 cm³/mol. The van der Waals surface area contributed by atoms with E-state index in [9.17, 15) is 4.79 Å². The zero-order valence-electron chi connectivity index (χ0n) is 16.7. The standard InChI is InChI=1S/C23H26N2O3S/c1-3-8-19-20(22(26)27-4-2)21(25-23(29)24-19)17-11-13-18(14-12-17)28-15-16-9-6-5-7-10-16/h5-7,9-14,21H,3-4,8,15H2,1-2H3,(H2,24,25,29)/t21-/m0/s1. The summed E-state index contributed by atoms with van der Waals surface area (Å²) in [5, 5.41) is 6.85. The first kappa shape index (κ1) is 20.9. The number of hydrogen-bond donors (Lipinski definition) is 2. The molecule has 0 aliphatic carbocycles. The van der Waals surface area contributed by atoms with Crippen molar-refractivity contribution in [2.75, 3.05) is 6.61 Å². The molecule has 0 spiro atoms. The number of hydrogen-bond acceptors (Lipinski definition) is 4. The molecule has 0 saturated heterocycles. The van der Waals surface area contributed by atoms with Gasteiger partial charge in [0.2, 0.25) is 0 Å². The Hall–Kier alpha value is -2.86. The molecule has 1 aliphatic heterocycles. The summed E-state index contributed by atoms with van der Waals surface area (Å²) >= 11 is 5.37. The van der Waals surface area contributed by atoms with Crippen molar-refractivity contribution in [1.29, 1.82) is 0 Å². The second kappa shape index (κ2) is 10.1. The number of carbonyl (C=O) groups is 1. The summed E-state index contributed by atoms with van der Waals surface area (Å²) in [7, 11) is 0. The van der Waals surface area contributed by atoms with E-state index in [0.29, 0.717) is 23.9 Å². The van der Waals surface area contributed by atoms with Crippen molar-refractivity contribution in [2.24, 2.45) is 0 Å². The van der Waals surface area contributed by atoms with Crippen LogP contribution in [0.3, 0.4) is 0 Å². The molecule has 6 heteroatoms. The molecule has 3 rings (SSSR count). The number of carbonyl (C=O) groups excluding carboxylic acids is 1. The van der Waals surface area contributed by atoms with Crippen molar-refractivity contribution in [3.8, 4) is 5.75 Å². The number of esters is 1. The lowest BCUT2D eigenvalue weighted by Gasteiger charge is -2.31. The number of nitrogens with one attached hydrogen (secondary N) is 2. The fourth-order valence-electron chi connectivity index (χ4n) is 3.26. The Bertz CT molecular complexity index is 879. The molecule has 152 valence electrons. The molecule has 0 radical (unpaired) electrons. The number of rotatable bonds is 8. The Labute approximate surface area is 177 Å². The van der Waals surface area contributed by atoms with Gasteiger partial charge in [-0.15, -0.1) is 0 Å². The molecule has 2 N–H and O–H groups in total. The van der Waals surface area contributed by atoms with Crippen LogP contribution in [0.1, 0.15) is 43.9 Å². The van der Waals surface area contributed by atoms with Crippen LogP contribution in [-0.2, 0) is 16.1 Å². The van der Waals surface area contributed by atoms with Crippen LogP contribution in [0.4, 0.5) is 0 Å². The first-order valence-electron chi connectivity index (χ1n) is 9.86. The van der Waals surface area contributed by atoms with E-state index in [1.807, 2.05) is 54.6 Å². The molecule has 1 heterocycles. The Morgan fingerprint density at radius 3 is 2.45 bits per heavy atom. The maximum absolute atomic E-state index is 12.7. The van der Waals surface area contributed by atoms with Crippen molar-refractivity contribution in [3.05, 3.63) is 77.0 Å². The quantitative estimate of drug-likeness (QED) is 0.497. The molecule has 0 amide bonds. The molecule has 0 fully saturated rings.